The number of benzene rings is 2. The van der Waals surface area contributed by atoms with Gasteiger partial charge in [-0.3, -0.25) is 14.4 Å². The molecule has 1 aromatic heterocycles. The quantitative estimate of drug-likeness (QED) is 0.121. The zero-order valence-corrected chi connectivity index (χ0v) is 27.2. The normalized spacial score (nSPS) is 29.6. The Balaban J connectivity index is 1.63. The minimum absolute atomic E-state index is 0.0494. The maximum absolute atomic E-state index is 14.1. The fourth-order valence-electron chi connectivity index (χ4n) is 5.64. The van der Waals surface area contributed by atoms with Crippen molar-refractivity contribution in [1.29, 1.82) is 0 Å². The molecule has 2 aliphatic rings. The van der Waals surface area contributed by atoms with E-state index in [0.29, 0.717) is 0 Å². The van der Waals surface area contributed by atoms with E-state index in [1.807, 2.05) is 0 Å². The lowest BCUT2D eigenvalue weighted by Gasteiger charge is -2.42. The first kappa shape index (κ1) is 36.4. The van der Waals surface area contributed by atoms with Crippen LogP contribution in [0.15, 0.2) is 33.5 Å². The van der Waals surface area contributed by atoms with Crippen LogP contribution in [0.5, 0.6) is 34.5 Å². The number of fused-ring (bicyclic) bond motifs is 1. The molecule has 50 heavy (non-hydrogen) atoms. The molecule has 10 atom stereocenters. The number of methoxy groups -OCH3 is 1. The first-order valence-electron chi connectivity index (χ1n) is 15.2. The predicted molar refractivity (Wildman–Crippen MR) is 165 cm³/mol. The van der Waals surface area contributed by atoms with Crippen LogP contribution in [0.2, 0.25) is 0 Å². The highest BCUT2D eigenvalue weighted by Gasteiger charge is 2.49. The highest BCUT2D eigenvalue weighted by atomic mass is 16.7. The summed E-state index contributed by atoms with van der Waals surface area (Å²) in [5.41, 5.74) is -1.49. The van der Waals surface area contributed by atoms with Crippen molar-refractivity contribution in [3.63, 3.8) is 0 Å². The number of esters is 2. The molecule has 18 nitrogen and oxygen atoms in total. The van der Waals surface area contributed by atoms with E-state index in [0.717, 1.165) is 39.2 Å². The molecule has 2 fully saturated rings. The molecule has 0 spiro atoms. The number of aromatic hydroxyl groups is 3. The molecule has 5 rings (SSSR count). The Morgan fingerprint density at radius 1 is 0.740 bits per heavy atom. The summed E-state index contributed by atoms with van der Waals surface area (Å²) in [5, 5.41) is 73.0. The summed E-state index contributed by atoms with van der Waals surface area (Å²) in [4.78, 5) is 37.6. The van der Waals surface area contributed by atoms with Crippen molar-refractivity contribution >= 4 is 22.9 Å². The molecule has 0 aliphatic carbocycles. The minimum Gasteiger partial charge on any atom is -0.504 e. The van der Waals surface area contributed by atoms with Gasteiger partial charge in [-0.1, -0.05) is 0 Å². The molecular formula is C32H36O18. The lowest BCUT2D eigenvalue weighted by Crippen LogP contribution is -2.60. The maximum Gasteiger partial charge on any atom is 0.303 e. The van der Waals surface area contributed by atoms with Crippen LogP contribution < -0.4 is 19.6 Å². The molecule has 0 radical (unpaired) electrons. The van der Waals surface area contributed by atoms with Gasteiger partial charge >= 0.3 is 11.9 Å². The number of phenolic OH excluding ortho intramolecular Hbond substituents is 3. The first-order chi connectivity index (χ1) is 23.5. The standard InChI is InChI=1S/C32H36O18/c1-10-20(37)23(40)24(41)31(44-10)50-29-22(39)19-17(48-27(29)14-6-7-15(35)16(36)8-14)9-18(28(43-5)21(19)38)49-32-25(42)30(47-13(4)34)26(11(2)45-32)46-12(3)33/h6-11,20,23-26,30-32,35-38,40-42H,1-5H3/t10?,11?,20-,23?,24-,25?,26-,30+,31-,32-/m0/s1. The second-order valence-corrected chi connectivity index (χ2v) is 11.7. The Morgan fingerprint density at radius 2 is 1.36 bits per heavy atom. The Hall–Kier alpha value is -4.85. The van der Waals surface area contributed by atoms with Gasteiger partial charge < -0.3 is 73.3 Å². The van der Waals surface area contributed by atoms with Gasteiger partial charge in [0.15, 0.2) is 47.1 Å². The number of carbonyl (C=O) groups excluding carboxylic acids is 2. The Bertz CT molecular complexity index is 1820. The highest BCUT2D eigenvalue weighted by molar-refractivity contribution is 5.91. The molecule has 272 valence electrons. The largest absolute Gasteiger partial charge is 0.504 e. The second-order valence-electron chi connectivity index (χ2n) is 11.7. The van der Waals surface area contributed by atoms with Crippen LogP contribution in [-0.2, 0) is 28.5 Å². The van der Waals surface area contributed by atoms with Crippen molar-refractivity contribution in [2.75, 3.05) is 7.11 Å². The summed E-state index contributed by atoms with van der Waals surface area (Å²) >= 11 is 0. The van der Waals surface area contributed by atoms with Crippen molar-refractivity contribution in [1.82, 2.24) is 0 Å². The fourth-order valence-corrected chi connectivity index (χ4v) is 5.64. The number of hydrogen-bond donors (Lipinski definition) is 7. The zero-order valence-electron chi connectivity index (χ0n) is 27.2. The van der Waals surface area contributed by atoms with E-state index in [1.54, 1.807) is 0 Å². The summed E-state index contributed by atoms with van der Waals surface area (Å²) < 4.78 is 44.6. The van der Waals surface area contributed by atoms with Crippen LogP contribution >= 0.6 is 0 Å². The van der Waals surface area contributed by atoms with E-state index in [4.69, 9.17) is 37.6 Å². The average molecular weight is 709 g/mol. The molecule has 7 N–H and O–H groups in total. The molecule has 18 heteroatoms. The van der Waals surface area contributed by atoms with Crippen LogP contribution in [0.4, 0.5) is 0 Å². The number of aliphatic hydroxyl groups excluding tert-OH is 4. The molecule has 3 heterocycles. The van der Waals surface area contributed by atoms with Gasteiger partial charge in [-0.25, -0.2) is 0 Å². The van der Waals surface area contributed by atoms with E-state index in [2.05, 4.69) is 0 Å². The van der Waals surface area contributed by atoms with Gasteiger partial charge in [0.05, 0.1) is 19.3 Å². The molecule has 2 aliphatic heterocycles. The van der Waals surface area contributed by atoms with Gasteiger partial charge in [0.1, 0.15) is 29.3 Å². The molecule has 0 saturated carbocycles. The van der Waals surface area contributed by atoms with Gasteiger partial charge in [0.25, 0.3) is 0 Å². The molecular weight excluding hydrogens is 672 g/mol. The van der Waals surface area contributed by atoms with E-state index < -0.39 is 119 Å². The summed E-state index contributed by atoms with van der Waals surface area (Å²) in [5.74, 6) is -5.44. The lowest BCUT2D eigenvalue weighted by molar-refractivity contribution is -0.276. The number of rotatable bonds is 8. The molecule has 0 amide bonds. The first-order valence-corrected chi connectivity index (χ1v) is 15.2. The Kier molecular flexibility index (Phi) is 10.3. The van der Waals surface area contributed by atoms with Gasteiger partial charge in [0.2, 0.25) is 29.5 Å². The van der Waals surface area contributed by atoms with Crippen LogP contribution in [0.3, 0.4) is 0 Å². The van der Waals surface area contributed by atoms with E-state index in [-0.39, 0.29) is 16.9 Å². The highest BCUT2D eigenvalue weighted by Crippen LogP contribution is 2.46. The molecule has 4 unspecified atom stereocenters. The molecule has 3 aromatic rings. The van der Waals surface area contributed by atoms with Crippen molar-refractivity contribution < 1.29 is 82.9 Å². The van der Waals surface area contributed by atoms with Gasteiger partial charge in [-0.2, -0.15) is 0 Å². The number of ether oxygens (including phenoxy) is 7. The van der Waals surface area contributed by atoms with E-state index in [1.165, 1.54) is 19.9 Å². The van der Waals surface area contributed by atoms with Crippen molar-refractivity contribution in [2.45, 2.75) is 89.1 Å². The van der Waals surface area contributed by atoms with Crippen LogP contribution in [0.25, 0.3) is 22.3 Å². The molecule has 2 aromatic carbocycles. The number of phenols is 3. The van der Waals surface area contributed by atoms with Crippen molar-refractivity contribution in [3.8, 4) is 45.8 Å². The van der Waals surface area contributed by atoms with Crippen LogP contribution in [0.1, 0.15) is 27.7 Å². The van der Waals surface area contributed by atoms with Crippen LogP contribution in [0, 0.1) is 0 Å². The number of hydrogen-bond acceptors (Lipinski definition) is 18. The van der Waals surface area contributed by atoms with Gasteiger partial charge in [-0.15, -0.1) is 0 Å². The van der Waals surface area contributed by atoms with Crippen LogP contribution in [-0.4, -0.2) is 116 Å². The lowest BCUT2D eigenvalue weighted by atomic mass is 9.99. The van der Waals surface area contributed by atoms with Crippen molar-refractivity contribution in [3.05, 3.63) is 34.5 Å². The SMILES string of the molecule is COc1c(O[C@@H]2OC(C)[C@H](OC(C)=O)[C@H](OC(C)=O)C2O)cc2oc(-c3ccc(O)c(O)c3)c(O[C@@H]3OC(C)[C@H](O)C(O)[C@@H]3O)c(=O)c2c1O. The van der Waals surface area contributed by atoms with Gasteiger partial charge in [0, 0.05) is 25.5 Å². The summed E-state index contributed by atoms with van der Waals surface area (Å²) in [6.45, 7) is 5.05. The summed E-state index contributed by atoms with van der Waals surface area (Å²) in [6.07, 6.45) is -15.0. The van der Waals surface area contributed by atoms with E-state index in [9.17, 15) is 50.1 Å². The minimum atomic E-state index is -1.86. The zero-order chi connectivity index (χ0) is 36.8. The van der Waals surface area contributed by atoms with Gasteiger partial charge in [-0.05, 0) is 32.0 Å². The number of carbonyl (C=O) groups is 2. The third kappa shape index (κ3) is 6.80. The molecule has 0 bridgehead atoms. The Morgan fingerprint density at radius 3 is 1.98 bits per heavy atom. The third-order valence-corrected chi connectivity index (χ3v) is 8.12. The maximum atomic E-state index is 14.1. The second kappa shape index (κ2) is 14.2. The summed E-state index contributed by atoms with van der Waals surface area (Å²) in [6, 6.07) is 4.44. The Labute approximate surface area is 282 Å². The summed E-state index contributed by atoms with van der Waals surface area (Å²) in [7, 11) is 1.12. The molecule has 2 saturated heterocycles. The average Bonchev–Trinajstić information content (AvgIpc) is 3.04. The monoisotopic (exact) mass is 708 g/mol. The third-order valence-electron chi connectivity index (χ3n) is 8.12. The predicted octanol–water partition coefficient (Wildman–Crippen LogP) is 0.140. The van der Waals surface area contributed by atoms with E-state index >= 15 is 0 Å². The number of aliphatic hydroxyl groups is 4. The smallest absolute Gasteiger partial charge is 0.303 e. The van der Waals surface area contributed by atoms with Crippen molar-refractivity contribution in [2.24, 2.45) is 0 Å². The fraction of sp³-hybridized carbons (Fsp3) is 0.469. The topological polar surface area (TPSA) is 271 Å².